The monoisotopic (exact) mass is 926 g/mol. The maximum Gasteiger partial charge on any atom is 0.306 e. The van der Waals surface area contributed by atoms with Crippen molar-refractivity contribution in [3.63, 3.8) is 0 Å². The van der Waals surface area contributed by atoms with Crippen LogP contribution in [0.25, 0.3) is 0 Å². The van der Waals surface area contributed by atoms with Gasteiger partial charge < -0.3 is 45.1 Å². The van der Waals surface area contributed by atoms with Gasteiger partial charge in [0.2, 0.25) is 5.91 Å². The van der Waals surface area contributed by atoms with Crippen LogP contribution in [0.15, 0.2) is 97.2 Å². The molecule has 1 saturated heterocycles. The van der Waals surface area contributed by atoms with Gasteiger partial charge in [-0.3, -0.25) is 9.59 Å². The van der Waals surface area contributed by atoms with Crippen molar-refractivity contribution in [2.75, 3.05) is 13.2 Å². The standard InChI is InChI=1S/C55H91NO10/c1-4-7-10-13-16-19-22-25-28-31-34-37-40-43-50(60)66-53-52(62)51(61)49(44-57)65-55(53)64-45-46(47(58)41-38-35-32-29-26-23-20-17-14-11-8-5-2)56-54(63)48(59)42-39-36-33-30-27-24-21-18-15-12-9-6-3/h7,10,13,16,19,22,25,27-28,30-31,34,36,38-39,41,46-49,51-53,55,57-59,61-62H,4-6,8-9,11-12,14-15,17-18,20-21,23-24,26,29,32-33,35,37,40,42-45H2,1-3H3,(H,56,63)/b10-7+,16-13+,22-19-,28-25-,30-27-,34-31+,39-36+,41-38+. The SMILES string of the molecule is CC/C=C/C=C/C=C\C=C/C=C/CCCC(=O)OC1C(OCC(NC(=O)C(O)C/C=C/C/C=C\CCCCCCCC)C(O)/C=C/CCCCCCCCCCCC)OC(CO)C(O)C1O. The highest BCUT2D eigenvalue weighted by Crippen LogP contribution is 2.26. The minimum atomic E-state index is -1.65. The number of hydrogen-bond donors (Lipinski definition) is 6. The van der Waals surface area contributed by atoms with E-state index in [4.69, 9.17) is 14.2 Å². The predicted molar refractivity (Wildman–Crippen MR) is 268 cm³/mol. The van der Waals surface area contributed by atoms with E-state index in [-0.39, 0.29) is 19.4 Å². The second kappa shape index (κ2) is 42.9. The van der Waals surface area contributed by atoms with Gasteiger partial charge in [0.25, 0.3) is 0 Å². The lowest BCUT2D eigenvalue weighted by molar-refractivity contribution is -0.305. The lowest BCUT2D eigenvalue weighted by Gasteiger charge is -2.41. The van der Waals surface area contributed by atoms with E-state index < -0.39 is 67.4 Å². The first-order valence-electron chi connectivity index (χ1n) is 25.6. The summed E-state index contributed by atoms with van der Waals surface area (Å²) in [6.45, 7) is 5.50. The molecule has 1 amide bonds. The van der Waals surface area contributed by atoms with Crippen molar-refractivity contribution in [1.29, 1.82) is 0 Å². The Labute approximate surface area is 399 Å². The molecule has 0 aromatic carbocycles. The fourth-order valence-electron chi connectivity index (χ4n) is 7.25. The molecular formula is C55H91NO10. The van der Waals surface area contributed by atoms with Crippen LogP contribution in [0.3, 0.4) is 0 Å². The van der Waals surface area contributed by atoms with Crippen molar-refractivity contribution in [3.05, 3.63) is 97.2 Å². The lowest BCUT2D eigenvalue weighted by Crippen LogP contribution is -2.61. The Morgan fingerprint density at radius 2 is 1.15 bits per heavy atom. The van der Waals surface area contributed by atoms with Crippen molar-refractivity contribution < 1.29 is 49.3 Å². The molecule has 1 aliphatic rings. The normalized spacial score (nSPS) is 21.0. The summed E-state index contributed by atoms with van der Waals surface area (Å²) in [6.07, 6.45) is 45.0. The second-order valence-electron chi connectivity index (χ2n) is 17.3. The molecule has 0 aromatic rings. The van der Waals surface area contributed by atoms with Crippen LogP contribution in [0.2, 0.25) is 0 Å². The molecule has 1 aliphatic heterocycles. The Balaban J connectivity index is 2.89. The van der Waals surface area contributed by atoms with Gasteiger partial charge in [0.15, 0.2) is 12.4 Å². The molecule has 6 N–H and O–H groups in total. The number of carbonyl (C=O) groups excluding carboxylic acids is 2. The van der Waals surface area contributed by atoms with E-state index in [1.165, 1.54) is 83.5 Å². The highest BCUT2D eigenvalue weighted by atomic mass is 16.7. The quantitative estimate of drug-likeness (QED) is 0.0150. The molecule has 0 radical (unpaired) electrons. The topological polar surface area (TPSA) is 175 Å². The Kier molecular flexibility index (Phi) is 39.4. The molecule has 1 fully saturated rings. The number of carbonyl (C=O) groups is 2. The molecule has 8 atom stereocenters. The summed E-state index contributed by atoms with van der Waals surface area (Å²) < 4.78 is 17.4. The average molecular weight is 926 g/mol. The molecule has 0 aliphatic carbocycles. The number of ether oxygens (including phenoxy) is 3. The van der Waals surface area contributed by atoms with Gasteiger partial charge in [0.1, 0.15) is 24.4 Å². The molecule has 1 rings (SSSR count). The Morgan fingerprint density at radius 1 is 0.621 bits per heavy atom. The van der Waals surface area contributed by atoms with Crippen molar-refractivity contribution in [2.45, 2.75) is 224 Å². The fraction of sp³-hybridized carbons (Fsp3) is 0.673. The zero-order valence-electron chi connectivity index (χ0n) is 41.0. The third kappa shape index (κ3) is 31.5. The molecule has 11 heteroatoms. The first-order chi connectivity index (χ1) is 32.2. The van der Waals surface area contributed by atoms with Crippen LogP contribution in [0, 0.1) is 0 Å². The highest BCUT2D eigenvalue weighted by Gasteiger charge is 2.47. The number of aliphatic hydroxyl groups excluding tert-OH is 5. The number of unbranched alkanes of at least 4 members (excludes halogenated alkanes) is 17. The van der Waals surface area contributed by atoms with E-state index in [2.05, 4.69) is 44.3 Å². The molecule has 8 unspecified atom stereocenters. The third-order valence-corrected chi connectivity index (χ3v) is 11.4. The van der Waals surface area contributed by atoms with Crippen molar-refractivity contribution in [1.82, 2.24) is 5.32 Å². The Bertz CT molecular complexity index is 1430. The van der Waals surface area contributed by atoms with Gasteiger partial charge in [-0.1, -0.05) is 208 Å². The zero-order chi connectivity index (χ0) is 48.3. The fourth-order valence-corrected chi connectivity index (χ4v) is 7.25. The van der Waals surface area contributed by atoms with Crippen LogP contribution in [0.5, 0.6) is 0 Å². The zero-order valence-corrected chi connectivity index (χ0v) is 41.0. The Morgan fingerprint density at radius 3 is 1.74 bits per heavy atom. The van der Waals surface area contributed by atoms with E-state index >= 15 is 0 Å². The van der Waals surface area contributed by atoms with Gasteiger partial charge in [0, 0.05) is 12.8 Å². The summed E-state index contributed by atoms with van der Waals surface area (Å²) in [7, 11) is 0. The number of allylic oxidation sites excluding steroid dienone is 14. The molecule has 1 heterocycles. The average Bonchev–Trinajstić information content (AvgIpc) is 3.31. The van der Waals surface area contributed by atoms with Gasteiger partial charge in [0.05, 0.1) is 25.4 Å². The molecular weight excluding hydrogens is 835 g/mol. The van der Waals surface area contributed by atoms with Crippen molar-refractivity contribution in [3.8, 4) is 0 Å². The van der Waals surface area contributed by atoms with E-state index in [0.29, 0.717) is 19.3 Å². The number of nitrogens with one attached hydrogen (secondary N) is 1. The summed E-state index contributed by atoms with van der Waals surface area (Å²) >= 11 is 0. The summed E-state index contributed by atoms with van der Waals surface area (Å²) in [4.78, 5) is 26.2. The minimum absolute atomic E-state index is 0.0164. The van der Waals surface area contributed by atoms with Gasteiger partial charge in [-0.25, -0.2) is 0 Å². The Hall–Kier alpha value is -3.42. The minimum Gasteiger partial charge on any atom is -0.454 e. The molecule has 66 heavy (non-hydrogen) atoms. The molecule has 0 aromatic heterocycles. The molecule has 376 valence electrons. The second-order valence-corrected chi connectivity index (χ2v) is 17.3. The van der Waals surface area contributed by atoms with Crippen LogP contribution in [0.4, 0.5) is 0 Å². The van der Waals surface area contributed by atoms with Crippen LogP contribution >= 0.6 is 0 Å². The number of hydrogen-bond acceptors (Lipinski definition) is 10. The van der Waals surface area contributed by atoms with Crippen LogP contribution < -0.4 is 5.32 Å². The van der Waals surface area contributed by atoms with Gasteiger partial charge >= 0.3 is 5.97 Å². The molecule has 0 bridgehead atoms. The predicted octanol–water partition coefficient (Wildman–Crippen LogP) is 10.4. The first-order valence-corrected chi connectivity index (χ1v) is 25.6. The van der Waals surface area contributed by atoms with Crippen LogP contribution in [-0.4, -0.2) is 99.6 Å². The van der Waals surface area contributed by atoms with Crippen LogP contribution in [-0.2, 0) is 23.8 Å². The van der Waals surface area contributed by atoms with E-state index in [9.17, 15) is 35.1 Å². The summed E-state index contributed by atoms with van der Waals surface area (Å²) in [5, 5.41) is 56.4. The van der Waals surface area contributed by atoms with Gasteiger partial charge in [-0.05, 0) is 51.4 Å². The first kappa shape index (κ1) is 60.6. The van der Waals surface area contributed by atoms with E-state index in [1.54, 1.807) is 12.2 Å². The highest BCUT2D eigenvalue weighted by molar-refractivity contribution is 5.81. The summed E-state index contributed by atoms with van der Waals surface area (Å²) in [5.74, 6) is -1.36. The van der Waals surface area contributed by atoms with Crippen molar-refractivity contribution >= 4 is 11.9 Å². The number of amides is 1. The third-order valence-electron chi connectivity index (χ3n) is 11.4. The molecule has 11 nitrogen and oxygen atoms in total. The lowest BCUT2D eigenvalue weighted by atomic mass is 9.99. The van der Waals surface area contributed by atoms with Gasteiger partial charge in [-0.2, -0.15) is 0 Å². The number of rotatable bonds is 40. The summed E-state index contributed by atoms with van der Waals surface area (Å²) in [5.41, 5.74) is 0. The summed E-state index contributed by atoms with van der Waals surface area (Å²) in [6, 6.07) is -1.07. The maximum atomic E-state index is 13.3. The molecule has 0 spiro atoms. The van der Waals surface area contributed by atoms with Gasteiger partial charge in [-0.15, -0.1) is 0 Å². The van der Waals surface area contributed by atoms with E-state index in [0.717, 1.165) is 38.5 Å². The largest absolute Gasteiger partial charge is 0.454 e. The van der Waals surface area contributed by atoms with Crippen molar-refractivity contribution in [2.24, 2.45) is 0 Å². The smallest absolute Gasteiger partial charge is 0.306 e. The maximum absolute atomic E-state index is 13.3. The molecule has 0 saturated carbocycles. The van der Waals surface area contributed by atoms with Crippen LogP contribution in [0.1, 0.15) is 175 Å². The number of aliphatic hydroxyl groups is 5. The number of esters is 1. The van der Waals surface area contributed by atoms with E-state index in [1.807, 2.05) is 66.8 Å².